The third kappa shape index (κ3) is 5.24. The van der Waals surface area contributed by atoms with Gasteiger partial charge in [0.2, 0.25) is 5.91 Å². The lowest BCUT2D eigenvalue weighted by Crippen LogP contribution is -2.56. The van der Waals surface area contributed by atoms with Crippen LogP contribution in [0.2, 0.25) is 0 Å². The fraction of sp³-hybridized carbons (Fsp3) is 0.550. The van der Waals surface area contributed by atoms with E-state index in [4.69, 9.17) is 15.7 Å². The highest BCUT2D eigenvalue weighted by Crippen LogP contribution is 2.22. The van der Waals surface area contributed by atoms with Crippen LogP contribution in [0.1, 0.15) is 25.3 Å². The Bertz CT molecular complexity index is 744. The lowest BCUT2D eigenvalue weighted by molar-refractivity contribution is -0.144. The number of hydrogen-bond acceptors (Lipinski definition) is 7. The van der Waals surface area contributed by atoms with Gasteiger partial charge in [-0.25, -0.2) is 0 Å². The van der Waals surface area contributed by atoms with Crippen LogP contribution < -0.4 is 10.6 Å². The predicted molar refractivity (Wildman–Crippen MR) is 109 cm³/mol. The summed E-state index contributed by atoms with van der Waals surface area (Å²) in [4.78, 5) is 30.5. The van der Waals surface area contributed by atoms with E-state index in [-0.39, 0.29) is 17.7 Å². The lowest BCUT2D eigenvalue weighted by atomic mass is 10.0. The van der Waals surface area contributed by atoms with Crippen LogP contribution in [0, 0.1) is 0 Å². The van der Waals surface area contributed by atoms with Crippen molar-refractivity contribution in [2.75, 3.05) is 50.8 Å². The van der Waals surface area contributed by atoms with Crippen LogP contribution in [0.15, 0.2) is 29.4 Å². The second kappa shape index (κ2) is 9.71. The molecule has 158 valence electrons. The summed E-state index contributed by atoms with van der Waals surface area (Å²) in [5.41, 5.74) is 7.01. The number of piperidine rings is 1. The molecule has 2 heterocycles. The SMILES string of the molecule is CCOC(=O)CN1CCC(N2CCN(c3ccc(/C(N)=N\O)cc3)C(=O)C2)CC1. The number of oxime groups is 1. The zero-order valence-corrected chi connectivity index (χ0v) is 16.8. The number of ether oxygens (including phenoxy) is 1. The first-order valence-corrected chi connectivity index (χ1v) is 10.0. The van der Waals surface area contributed by atoms with Crippen LogP contribution in [0.5, 0.6) is 0 Å². The molecule has 1 aromatic carbocycles. The van der Waals surface area contributed by atoms with Gasteiger partial charge in [-0.05, 0) is 44.0 Å². The third-order valence-electron chi connectivity index (χ3n) is 5.56. The summed E-state index contributed by atoms with van der Waals surface area (Å²) in [6, 6.07) is 7.47. The van der Waals surface area contributed by atoms with E-state index in [2.05, 4.69) is 15.0 Å². The Labute approximate surface area is 170 Å². The van der Waals surface area contributed by atoms with Crippen LogP contribution in [0.3, 0.4) is 0 Å². The van der Waals surface area contributed by atoms with Gasteiger partial charge < -0.3 is 20.6 Å². The second-order valence-corrected chi connectivity index (χ2v) is 7.36. The minimum atomic E-state index is -0.173. The molecule has 9 heteroatoms. The van der Waals surface area contributed by atoms with Crippen molar-refractivity contribution in [3.8, 4) is 0 Å². The average molecular weight is 403 g/mol. The fourth-order valence-corrected chi connectivity index (χ4v) is 3.98. The van der Waals surface area contributed by atoms with Gasteiger partial charge in [0.15, 0.2) is 5.84 Å². The summed E-state index contributed by atoms with van der Waals surface area (Å²) in [5.74, 6) is -0.0588. The maximum atomic E-state index is 12.7. The molecule has 0 aromatic heterocycles. The Morgan fingerprint density at radius 3 is 2.48 bits per heavy atom. The quantitative estimate of drug-likeness (QED) is 0.233. The fourth-order valence-electron chi connectivity index (χ4n) is 3.98. The largest absolute Gasteiger partial charge is 0.465 e. The van der Waals surface area contributed by atoms with Crippen LogP contribution in [-0.4, -0.2) is 84.6 Å². The maximum Gasteiger partial charge on any atom is 0.320 e. The van der Waals surface area contributed by atoms with Crippen LogP contribution in [0.25, 0.3) is 0 Å². The van der Waals surface area contributed by atoms with E-state index >= 15 is 0 Å². The van der Waals surface area contributed by atoms with Crippen LogP contribution in [-0.2, 0) is 14.3 Å². The van der Waals surface area contributed by atoms with Gasteiger partial charge in [0.1, 0.15) is 0 Å². The summed E-state index contributed by atoms with van der Waals surface area (Å²) in [6.07, 6.45) is 1.89. The van der Waals surface area contributed by atoms with Crippen molar-refractivity contribution < 1.29 is 19.5 Å². The number of esters is 1. The molecule has 2 fully saturated rings. The molecule has 0 aliphatic carbocycles. The summed E-state index contributed by atoms with van der Waals surface area (Å²) in [6.45, 7) is 6.08. The zero-order valence-electron chi connectivity index (χ0n) is 16.8. The number of nitrogens with zero attached hydrogens (tertiary/aromatic N) is 4. The highest BCUT2D eigenvalue weighted by molar-refractivity contribution is 5.99. The van der Waals surface area contributed by atoms with Crippen LogP contribution >= 0.6 is 0 Å². The van der Waals surface area contributed by atoms with Gasteiger partial charge in [0.25, 0.3) is 0 Å². The number of benzene rings is 1. The number of likely N-dealkylation sites (tertiary alicyclic amines) is 1. The number of piperazine rings is 1. The molecule has 1 aromatic rings. The van der Waals surface area contributed by atoms with E-state index in [9.17, 15) is 9.59 Å². The summed E-state index contributed by atoms with van der Waals surface area (Å²) in [7, 11) is 0. The first-order valence-electron chi connectivity index (χ1n) is 10.0. The average Bonchev–Trinajstić information content (AvgIpc) is 2.74. The number of carbonyl (C=O) groups is 2. The number of hydrogen-bond donors (Lipinski definition) is 2. The van der Waals surface area contributed by atoms with Gasteiger partial charge in [0, 0.05) is 43.5 Å². The van der Waals surface area contributed by atoms with E-state index in [1.807, 2.05) is 19.1 Å². The Morgan fingerprint density at radius 1 is 1.21 bits per heavy atom. The van der Waals surface area contributed by atoms with Crippen molar-refractivity contribution in [1.82, 2.24) is 9.80 Å². The molecule has 1 amide bonds. The molecular weight excluding hydrogens is 374 g/mol. The summed E-state index contributed by atoms with van der Waals surface area (Å²) < 4.78 is 5.02. The zero-order chi connectivity index (χ0) is 20.8. The first-order chi connectivity index (χ1) is 14.0. The molecule has 9 nitrogen and oxygen atoms in total. The minimum absolute atomic E-state index is 0.0435. The maximum absolute atomic E-state index is 12.7. The summed E-state index contributed by atoms with van der Waals surface area (Å²) >= 11 is 0. The van der Waals surface area contributed by atoms with Crippen molar-refractivity contribution in [3.05, 3.63) is 29.8 Å². The molecule has 2 saturated heterocycles. The van der Waals surface area contributed by atoms with Crippen molar-refractivity contribution in [1.29, 1.82) is 0 Å². The molecule has 0 unspecified atom stereocenters. The first kappa shape index (κ1) is 21.1. The lowest BCUT2D eigenvalue weighted by Gasteiger charge is -2.42. The Kier molecular flexibility index (Phi) is 7.05. The number of amides is 1. The minimum Gasteiger partial charge on any atom is -0.465 e. The Hall–Kier alpha value is -2.65. The van der Waals surface area contributed by atoms with Gasteiger partial charge in [0.05, 0.1) is 19.7 Å². The van der Waals surface area contributed by atoms with Crippen molar-refractivity contribution >= 4 is 23.4 Å². The molecular formula is C20H29N5O4. The van der Waals surface area contributed by atoms with Crippen molar-refractivity contribution in [2.45, 2.75) is 25.8 Å². The number of carbonyl (C=O) groups excluding carboxylic acids is 2. The number of nitrogens with two attached hydrogens (primary N) is 1. The number of anilines is 1. The smallest absolute Gasteiger partial charge is 0.320 e. The van der Waals surface area contributed by atoms with E-state index in [0.29, 0.717) is 37.8 Å². The molecule has 0 spiro atoms. The number of rotatable bonds is 6. The molecule has 3 rings (SSSR count). The molecule has 2 aliphatic heterocycles. The van der Waals surface area contributed by atoms with Gasteiger partial charge in [-0.15, -0.1) is 0 Å². The molecule has 0 atom stereocenters. The van der Waals surface area contributed by atoms with Gasteiger partial charge in [-0.2, -0.15) is 0 Å². The Balaban J connectivity index is 1.50. The van der Waals surface area contributed by atoms with Crippen molar-refractivity contribution in [3.63, 3.8) is 0 Å². The summed E-state index contributed by atoms with van der Waals surface area (Å²) in [5, 5.41) is 11.7. The standard InChI is InChI=1S/C20H29N5O4/c1-2-29-19(27)14-23-9-7-16(8-10-23)24-11-12-25(18(26)13-24)17-5-3-15(4-6-17)20(21)22-28/h3-6,16,28H,2,7-14H2,1H3,(H2,21,22). The van der Waals surface area contributed by atoms with Gasteiger partial charge in [-0.1, -0.05) is 5.16 Å². The monoisotopic (exact) mass is 403 g/mol. The number of amidine groups is 1. The van der Waals surface area contributed by atoms with E-state index in [1.165, 1.54) is 0 Å². The molecule has 0 bridgehead atoms. The topological polar surface area (TPSA) is 112 Å². The highest BCUT2D eigenvalue weighted by atomic mass is 16.5. The van der Waals surface area contributed by atoms with Crippen LogP contribution in [0.4, 0.5) is 5.69 Å². The molecule has 3 N–H and O–H groups in total. The normalized spacial score (nSPS) is 20.1. The van der Waals surface area contributed by atoms with Gasteiger partial charge in [-0.3, -0.25) is 19.4 Å². The predicted octanol–water partition coefficient (Wildman–Crippen LogP) is 0.457. The van der Waals surface area contributed by atoms with E-state index in [0.717, 1.165) is 38.2 Å². The molecule has 0 radical (unpaired) electrons. The van der Waals surface area contributed by atoms with E-state index < -0.39 is 0 Å². The highest BCUT2D eigenvalue weighted by Gasteiger charge is 2.32. The van der Waals surface area contributed by atoms with E-state index in [1.54, 1.807) is 17.0 Å². The molecule has 0 saturated carbocycles. The van der Waals surface area contributed by atoms with Crippen molar-refractivity contribution in [2.24, 2.45) is 10.9 Å². The third-order valence-corrected chi connectivity index (χ3v) is 5.56. The Morgan fingerprint density at radius 2 is 1.90 bits per heavy atom. The molecule has 2 aliphatic rings. The van der Waals surface area contributed by atoms with Gasteiger partial charge >= 0.3 is 5.97 Å². The molecule has 29 heavy (non-hydrogen) atoms. The second-order valence-electron chi connectivity index (χ2n) is 7.36.